The van der Waals surface area contributed by atoms with Gasteiger partial charge in [-0.25, -0.2) is 10.3 Å². The summed E-state index contributed by atoms with van der Waals surface area (Å²) < 4.78 is 0.957. The van der Waals surface area contributed by atoms with E-state index >= 15 is 0 Å². The normalized spacial score (nSPS) is 13.0. The Morgan fingerprint density at radius 3 is 2.30 bits per heavy atom. The number of aromatic nitrogens is 2. The first kappa shape index (κ1) is 23.9. The van der Waals surface area contributed by atoms with Crippen LogP contribution < -0.4 is 11.2 Å². The molecule has 3 aromatic rings. The van der Waals surface area contributed by atoms with E-state index in [1.165, 1.54) is 0 Å². The minimum Gasteiger partial charge on any atom is -0.493 e. The van der Waals surface area contributed by atoms with Gasteiger partial charge in [0, 0.05) is 6.42 Å². The number of hydrogen-bond acceptors (Lipinski definition) is 6. The molecule has 0 bridgehead atoms. The first-order chi connectivity index (χ1) is 15.8. The predicted molar refractivity (Wildman–Crippen MR) is 123 cm³/mol. The lowest BCUT2D eigenvalue weighted by Crippen LogP contribution is -2.37. The second-order valence-electron chi connectivity index (χ2n) is 8.32. The highest BCUT2D eigenvalue weighted by Gasteiger charge is 2.29. The fraction of sp³-hybridized carbons (Fsp3) is 0.333. The number of hydroxylamine groups is 1. The second-order valence-corrected chi connectivity index (χ2v) is 8.32. The van der Waals surface area contributed by atoms with Gasteiger partial charge >= 0.3 is 5.69 Å². The summed E-state index contributed by atoms with van der Waals surface area (Å²) in [6.07, 6.45) is 1.37. The van der Waals surface area contributed by atoms with Crippen LogP contribution in [-0.2, 0) is 24.1 Å². The number of nitroso groups, excluding NO2 is 1. The number of H-pyrrole nitrogens is 1. The Balaban J connectivity index is 1.71. The van der Waals surface area contributed by atoms with Crippen LogP contribution >= 0.6 is 0 Å². The molecule has 0 radical (unpaired) electrons. The van der Waals surface area contributed by atoms with Crippen molar-refractivity contribution in [2.75, 3.05) is 0 Å². The number of amides is 1. The minimum absolute atomic E-state index is 0.303. The zero-order valence-corrected chi connectivity index (χ0v) is 18.6. The van der Waals surface area contributed by atoms with E-state index in [2.05, 4.69) is 10.2 Å². The number of aromatic hydroxyl groups is 1. The summed E-state index contributed by atoms with van der Waals surface area (Å²) in [4.78, 5) is 38.4. The lowest BCUT2D eigenvalue weighted by atomic mass is 9.97. The quantitative estimate of drug-likeness (QED) is 0.212. The van der Waals surface area contributed by atoms with Crippen molar-refractivity contribution in [2.24, 2.45) is 11.1 Å². The molecule has 1 aromatic heterocycles. The molecule has 174 valence electrons. The van der Waals surface area contributed by atoms with Crippen molar-refractivity contribution in [3.8, 4) is 5.88 Å². The summed E-state index contributed by atoms with van der Waals surface area (Å²) in [6, 6.07) is 15.6. The number of hydrogen-bond donors (Lipinski definition) is 4. The largest absolute Gasteiger partial charge is 0.493 e. The zero-order valence-electron chi connectivity index (χ0n) is 18.6. The predicted octanol–water partition coefficient (Wildman–Crippen LogP) is 3.42. The number of imidazole rings is 1. The molecule has 0 saturated carbocycles. The highest BCUT2D eigenvalue weighted by molar-refractivity contribution is 5.79. The van der Waals surface area contributed by atoms with E-state index in [1.807, 2.05) is 54.6 Å². The molecule has 9 nitrogen and oxygen atoms in total. The van der Waals surface area contributed by atoms with Crippen LogP contribution in [0.4, 0.5) is 0 Å². The van der Waals surface area contributed by atoms with E-state index in [0.717, 1.165) is 21.3 Å². The molecule has 1 heterocycles. The van der Waals surface area contributed by atoms with Crippen LogP contribution in [-0.4, -0.2) is 25.8 Å². The van der Waals surface area contributed by atoms with E-state index in [0.29, 0.717) is 25.0 Å². The zero-order chi connectivity index (χ0) is 24.0. The van der Waals surface area contributed by atoms with Crippen molar-refractivity contribution in [2.45, 2.75) is 45.2 Å². The van der Waals surface area contributed by atoms with Gasteiger partial charge < -0.3 is 10.1 Å². The first-order valence-corrected chi connectivity index (χ1v) is 10.8. The minimum atomic E-state index is -1.05. The van der Waals surface area contributed by atoms with Gasteiger partial charge in [0.1, 0.15) is 12.1 Å². The third-order valence-corrected chi connectivity index (χ3v) is 5.69. The SMILES string of the molecule is CC(C)[C@H](C(=O)NO)n1c(O)c(CCc2ccc(C(Cc3ccccc3)N=O)cc2)[nH]c1=O. The Bertz CT molecular complexity index is 1140. The fourth-order valence-corrected chi connectivity index (χ4v) is 3.93. The lowest BCUT2D eigenvalue weighted by molar-refractivity contribution is -0.134. The molecule has 1 unspecified atom stereocenters. The molecule has 0 saturated heterocycles. The topological polar surface area (TPSA) is 137 Å². The Hall–Kier alpha value is -3.72. The summed E-state index contributed by atoms with van der Waals surface area (Å²) in [6.45, 7) is 3.42. The summed E-state index contributed by atoms with van der Waals surface area (Å²) in [5, 5.41) is 22.8. The van der Waals surface area contributed by atoms with E-state index in [9.17, 15) is 19.6 Å². The first-order valence-electron chi connectivity index (χ1n) is 10.8. The van der Waals surface area contributed by atoms with Crippen molar-refractivity contribution in [3.63, 3.8) is 0 Å². The van der Waals surface area contributed by atoms with Gasteiger partial charge in [-0.3, -0.25) is 14.6 Å². The van der Waals surface area contributed by atoms with E-state index in [-0.39, 0.29) is 11.8 Å². The lowest BCUT2D eigenvalue weighted by Gasteiger charge is -2.19. The van der Waals surface area contributed by atoms with Crippen LogP contribution in [0.1, 0.15) is 48.3 Å². The Labute approximate surface area is 191 Å². The number of carbonyl (C=O) groups excluding carboxylic acids is 1. The molecule has 3 rings (SSSR count). The molecule has 0 aliphatic rings. The molecule has 0 fully saturated rings. The number of rotatable bonds is 10. The molecule has 0 aliphatic heterocycles. The van der Waals surface area contributed by atoms with Crippen LogP contribution in [0.3, 0.4) is 0 Å². The second kappa shape index (κ2) is 10.7. The molecule has 2 atom stereocenters. The molecular formula is C24H28N4O5. The van der Waals surface area contributed by atoms with Crippen LogP contribution in [0.25, 0.3) is 0 Å². The van der Waals surface area contributed by atoms with Crippen LogP contribution in [0.2, 0.25) is 0 Å². The Morgan fingerprint density at radius 2 is 1.73 bits per heavy atom. The monoisotopic (exact) mass is 452 g/mol. The van der Waals surface area contributed by atoms with Gasteiger partial charge in [0.2, 0.25) is 5.88 Å². The standard InChI is InChI=1S/C24H28N4O5/c1-15(2)21(22(29)27-33)28-23(30)19(25-24(28)31)13-10-16-8-11-18(12-9-16)20(26-32)14-17-6-4-3-5-7-17/h3-9,11-12,15,20-21,30,33H,10,13-14H2,1-2H3,(H,25,31)(H,27,29)/t20?,21-/m1/s1. The van der Waals surface area contributed by atoms with Crippen molar-refractivity contribution < 1.29 is 15.1 Å². The summed E-state index contributed by atoms with van der Waals surface area (Å²) >= 11 is 0. The molecule has 9 heteroatoms. The van der Waals surface area contributed by atoms with E-state index in [4.69, 9.17) is 5.21 Å². The van der Waals surface area contributed by atoms with Gasteiger partial charge in [-0.15, -0.1) is 0 Å². The fourth-order valence-electron chi connectivity index (χ4n) is 3.93. The number of nitrogens with zero attached hydrogens (tertiary/aromatic N) is 2. The Morgan fingerprint density at radius 1 is 1.06 bits per heavy atom. The molecule has 0 aliphatic carbocycles. The maximum atomic E-state index is 12.4. The van der Waals surface area contributed by atoms with E-state index in [1.54, 1.807) is 19.3 Å². The molecule has 33 heavy (non-hydrogen) atoms. The average Bonchev–Trinajstić information content (AvgIpc) is 3.10. The van der Waals surface area contributed by atoms with Crippen molar-refractivity contribution in [1.82, 2.24) is 15.0 Å². The van der Waals surface area contributed by atoms with E-state index < -0.39 is 23.7 Å². The number of carbonyl (C=O) groups is 1. The maximum Gasteiger partial charge on any atom is 0.329 e. The third-order valence-electron chi connectivity index (χ3n) is 5.69. The molecule has 2 aromatic carbocycles. The highest BCUT2D eigenvalue weighted by Crippen LogP contribution is 2.26. The van der Waals surface area contributed by atoms with Crippen molar-refractivity contribution in [3.05, 3.63) is 92.4 Å². The van der Waals surface area contributed by atoms with Gasteiger partial charge in [-0.1, -0.05) is 73.6 Å². The third kappa shape index (κ3) is 5.56. The molecule has 1 amide bonds. The smallest absolute Gasteiger partial charge is 0.329 e. The van der Waals surface area contributed by atoms with Gasteiger partial charge in [0.15, 0.2) is 0 Å². The number of nitrogens with one attached hydrogen (secondary N) is 2. The molecule has 4 N–H and O–H groups in total. The van der Waals surface area contributed by atoms with Crippen LogP contribution in [0.5, 0.6) is 5.88 Å². The number of aryl methyl sites for hydroxylation is 2. The highest BCUT2D eigenvalue weighted by atomic mass is 16.5. The average molecular weight is 453 g/mol. The van der Waals surface area contributed by atoms with Crippen LogP contribution in [0.15, 0.2) is 64.6 Å². The summed E-state index contributed by atoms with van der Waals surface area (Å²) in [5.41, 5.74) is 4.02. The number of benzene rings is 2. The van der Waals surface area contributed by atoms with Crippen molar-refractivity contribution >= 4 is 5.91 Å². The van der Waals surface area contributed by atoms with Gasteiger partial charge in [0.25, 0.3) is 5.91 Å². The van der Waals surface area contributed by atoms with Crippen LogP contribution in [0, 0.1) is 10.8 Å². The number of aromatic amines is 1. The van der Waals surface area contributed by atoms with Gasteiger partial charge in [0.05, 0.1) is 5.69 Å². The molecular weight excluding hydrogens is 424 g/mol. The maximum absolute atomic E-state index is 12.4. The van der Waals surface area contributed by atoms with Gasteiger partial charge in [-0.2, -0.15) is 4.91 Å². The summed E-state index contributed by atoms with van der Waals surface area (Å²) in [5.74, 6) is -1.45. The Kier molecular flexibility index (Phi) is 7.78. The molecule has 0 spiro atoms. The van der Waals surface area contributed by atoms with Gasteiger partial charge in [-0.05, 0) is 35.4 Å². The van der Waals surface area contributed by atoms with Crippen molar-refractivity contribution in [1.29, 1.82) is 0 Å². The summed E-state index contributed by atoms with van der Waals surface area (Å²) in [7, 11) is 0.